The molecule has 1 N–H and O–H groups in total. The number of hydrogen-bond acceptors (Lipinski definition) is 1. The molecule has 0 saturated heterocycles. The van der Waals surface area contributed by atoms with Crippen LogP contribution in [-0.2, 0) is 0 Å². The smallest absolute Gasteiger partial charge is 0.0342 e. The zero-order chi connectivity index (χ0) is 12.7. The summed E-state index contributed by atoms with van der Waals surface area (Å²) in [5.74, 6) is 0. The summed E-state index contributed by atoms with van der Waals surface area (Å²) in [6.45, 7) is 10.5. The van der Waals surface area contributed by atoms with Crippen molar-refractivity contribution in [2.24, 2.45) is 0 Å². The largest absolute Gasteiger partial charge is 0.383 e. The highest BCUT2D eigenvalue weighted by Crippen LogP contribution is 2.13. The van der Waals surface area contributed by atoms with Gasteiger partial charge in [-0.2, -0.15) is 0 Å². The maximum absolute atomic E-state index is 4.04. The SMILES string of the molecule is C=C(NC(C)C)c1ccc(/C=C/CCC)cc1. The van der Waals surface area contributed by atoms with Crippen LogP contribution in [0.5, 0.6) is 0 Å². The summed E-state index contributed by atoms with van der Waals surface area (Å²) in [4.78, 5) is 0. The van der Waals surface area contributed by atoms with Crippen molar-refractivity contribution >= 4 is 11.8 Å². The number of benzene rings is 1. The Morgan fingerprint density at radius 3 is 2.47 bits per heavy atom. The van der Waals surface area contributed by atoms with E-state index in [1.54, 1.807) is 0 Å². The fraction of sp³-hybridized carbons (Fsp3) is 0.375. The zero-order valence-corrected chi connectivity index (χ0v) is 11.2. The minimum Gasteiger partial charge on any atom is -0.383 e. The minimum absolute atomic E-state index is 0.423. The fourth-order valence-corrected chi connectivity index (χ4v) is 1.61. The number of allylic oxidation sites excluding steroid dienone is 1. The summed E-state index contributed by atoms with van der Waals surface area (Å²) < 4.78 is 0. The van der Waals surface area contributed by atoms with Crippen LogP contribution < -0.4 is 5.32 Å². The standard InChI is InChI=1S/C16H23N/c1-5-6-7-8-15-9-11-16(12-10-15)14(4)17-13(2)3/h7-13,17H,4-6H2,1-3H3/b8-7+. The third-order valence-electron chi connectivity index (χ3n) is 2.49. The number of unbranched alkanes of at least 4 members (excludes halogenated alkanes) is 1. The lowest BCUT2D eigenvalue weighted by atomic mass is 10.1. The Kier molecular flexibility index (Phi) is 5.55. The molecule has 0 bridgehead atoms. The molecule has 0 saturated carbocycles. The molecular weight excluding hydrogens is 206 g/mol. The number of rotatable bonds is 6. The van der Waals surface area contributed by atoms with Crippen LogP contribution in [0, 0.1) is 0 Å². The average Bonchev–Trinajstić information content (AvgIpc) is 2.29. The van der Waals surface area contributed by atoms with Gasteiger partial charge >= 0.3 is 0 Å². The van der Waals surface area contributed by atoms with Crippen LogP contribution in [0.4, 0.5) is 0 Å². The molecule has 0 heterocycles. The Bertz CT molecular complexity index is 371. The molecule has 0 spiro atoms. The third-order valence-corrected chi connectivity index (χ3v) is 2.49. The maximum atomic E-state index is 4.04. The zero-order valence-electron chi connectivity index (χ0n) is 11.2. The first-order valence-corrected chi connectivity index (χ1v) is 6.36. The molecule has 0 unspecified atom stereocenters. The highest BCUT2D eigenvalue weighted by Gasteiger charge is 1.99. The molecule has 0 aliphatic heterocycles. The number of hydrogen-bond donors (Lipinski definition) is 1. The summed E-state index contributed by atoms with van der Waals surface area (Å²) in [6.07, 6.45) is 6.73. The van der Waals surface area contributed by atoms with E-state index >= 15 is 0 Å². The highest BCUT2D eigenvalue weighted by atomic mass is 14.9. The first-order valence-electron chi connectivity index (χ1n) is 6.36. The van der Waals surface area contributed by atoms with Crippen molar-refractivity contribution in [2.75, 3.05) is 0 Å². The second kappa shape index (κ2) is 6.95. The van der Waals surface area contributed by atoms with E-state index in [0.717, 1.165) is 17.7 Å². The summed E-state index contributed by atoms with van der Waals surface area (Å²) in [5.41, 5.74) is 3.40. The van der Waals surface area contributed by atoms with Crippen molar-refractivity contribution in [3.8, 4) is 0 Å². The van der Waals surface area contributed by atoms with Gasteiger partial charge in [-0.05, 0) is 31.4 Å². The van der Waals surface area contributed by atoms with E-state index in [9.17, 15) is 0 Å². The monoisotopic (exact) mass is 229 g/mol. The second-order valence-corrected chi connectivity index (χ2v) is 4.59. The van der Waals surface area contributed by atoms with Crippen LogP contribution in [0.3, 0.4) is 0 Å². The van der Waals surface area contributed by atoms with Crippen molar-refractivity contribution in [3.63, 3.8) is 0 Å². The first kappa shape index (κ1) is 13.6. The van der Waals surface area contributed by atoms with Gasteiger partial charge in [-0.15, -0.1) is 0 Å². The van der Waals surface area contributed by atoms with Gasteiger partial charge in [0.2, 0.25) is 0 Å². The number of nitrogens with one attached hydrogen (secondary N) is 1. The van der Waals surface area contributed by atoms with Gasteiger partial charge in [0.1, 0.15) is 0 Å². The average molecular weight is 229 g/mol. The van der Waals surface area contributed by atoms with Crippen molar-refractivity contribution in [1.82, 2.24) is 5.32 Å². The van der Waals surface area contributed by atoms with Crippen molar-refractivity contribution in [3.05, 3.63) is 48.0 Å². The van der Waals surface area contributed by atoms with E-state index in [1.165, 1.54) is 12.0 Å². The van der Waals surface area contributed by atoms with Crippen LogP contribution in [0.2, 0.25) is 0 Å². The molecule has 0 radical (unpaired) electrons. The second-order valence-electron chi connectivity index (χ2n) is 4.59. The molecule has 0 aliphatic carbocycles. The van der Waals surface area contributed by atoms with Crippen molar-refractivity contribution < 1.29 is 0 Å². The van der Waals surface area contributed by atoms with E-state index in [1.807, 2.05) is 0 Å². The molecule has 1 aromatic carbocycles. The van der Waals surface area contributed by atoms with Gasteiger partial charge in [0, 0.05) is 11.7 Å². The Labute approximate surface area is 105 Å². The lowest BCUT2D eigenvalue weighted by molar-refractivity contribution is 0.718. The van der Waals surface area contributed by atoms with Crippen LogP contribution in [0.25, 0.3) is 11.8 Å². The van der Waals surface area contributed by atoms with E-state index in [2.05, 4.69) is 69.1 Å². The predicted molar refractivity (Wildman–Crippen MR) is 77.7 cm³/mol. The highest BCUT2D eigenvalue weighted by molar-refractivity contribution is 5.63. The van der Waals surface area contributed by atoms with Gasteiger partial charge in [-0.25, -0.2) is 0 Å². The van der Waals surface area contributed by atoms with Gasteiger partial charge in [0.15, 0.2) is 0 Å². The Hall–Kier alpha value is -1.50. The Morgan fingerprint density at radius 1 is 1.29 bits per heavy atom. The van der Waals surface area contributed by atoms with E-state index in [0.29, 0.717) is 6.04 Å². The molecule has 0 aliphatic rings. The molecule has 0 fully saturated rings. The van der Waals surface area contributed by atoms with Crippen LogP contribution in [0.1, 0.15) is 44.7 Å². The molecule has 92 valence electrons. The van der Waals surface area contributed by atoms with E-state index < -0.39 is 0 Å². The van der Waals surface area contributed by atoms with Gasteiger partial charge in [0.25, 0.3) is 0 Å². The topological polar surface area (TPSA) is 12.0 Å². The normalized spacial score (nSPS) is 11.1. The van der Waals surface area contributed by atoms with E-state index in [4.69, 9.17) is 0 Å². The molecule has 1 nitrogen and oxygen atoms in total. The molecular formula is C16H23N. The van der Waals surface area contributed by atoms with Crippen LogP contribution in [0.15, 0.2) is 36.9 Å². The Balaban J connectivity index is 2.64. The predicted octanol–water partition coefficient (Wildman–Crippen LogP) is 4.47. The first-order chi connectivity index (χ1) is 8.13. The van der Waals surface area contributed by atoms with Gasteiger partial charge in [-0.3, -0.25) is 0 Å². The van der Waals surface area contributed by atoms with Crippen molar-refractivity contribution in [1.29, 1.82) is 0 Å². The molecule has 0 aromatic heterocycles. The molecule has 17 heavy (non-hydrogen) atoms. The maximum Gasteiger partial charge on any atom is 0.0342 e. The van der Waals surface area contributed by atoms with Crippen molar-refractivity contribution in [2.45, 2.75) is 39.7 Å². The summed E-state index contributed by atoms with van der Waals surface area (Å²) in [5, 5.41) is 3.32. The molecule has 1 heteroatoms. The lowest BCUT2D eigenvalue weighted by Crippen LogP contribution is -2.20. The van der Waals surface area contributed by atoms with E-state index in [-0.39, 0.29) is 0 Å². The summed E-state index contributed by atoms with van der Waals surface area (Å²) in [6, 6.07) is 8.92. The van der Waals surface area contributed by atoms with Gasteiger partial charge < -0.3 is 5.32 Å². The summed E-state index contributed by atoms with van der Waals surface area (Å²) in [7, 11) is 0. The fourth-order valence-electron chi connectivity index (χ4n) is 1.61. The molecule has 0 atom stereocenters. The summed E-state index contributed by atoms with van der Waals surface area (Å²) >= 11 is 0. The van der Waals surface area contributed by atoms with Gasteiger partial charge in [-0.1, -0.05) is 56.3 Å². The Morgan fingerprint density at radius 2 is 1.94 bits per heavy atom. The lowest BCUT2D eigenvalue weighted by Gasteiger charge is -2.12. The quantitative estimate of drug-likeness (QED) is 0.759. The molecule has 0 amide bonds. The van der Waals surface area contributed by atoms with Crippen LogP contribution in [-0.4, -0.2) is 6.04 Å². The molecule has 1 aromatic rings. The third kappa shape index (κ3) is 4.90. The van der Waals surface area contributed by atoms with Crippen LogP contribution >= 0.6 is 0 Å². The minimum atomic E-state index is 0.423. The van der Waals surface area contributed by atoms with Gasteiger partial charge in [0.05, 0.1) is 0 Å². The molecule has 1 rings (SSSR count).